The van der Waals surface area contributed by atoms with Crippen molar-refractivity contribution < 1.29 is 27.9 Å². The number of carbonyl (C=O) groups excluding carboxylic acids is 3. The first-order valence-electron chi connectivity index (χ1n) is 16.7. The van der Waals surface area contributed by atoms with E-state index in [1.165, 1.54) is 7.11 Å². The van der Waals surface area contributed by atoms with Crippen molar-refractivity contribution in [3.63, 3.8) is 0 Å². The average molecular weight is 667 g/mol. The van der Waals surface area contributed by atoms with Crippen molar-refractivity contribution in [1.82, 2.24) is 19.6 Å². The first-order chi connectivity index (χ1) is 21.4. The summed E-state index contributed by atoms with van der Waals surface area (Å²) < 4.78 is 34.0. The maximum absolute atomic E-state index is 14.8. The second-order valence-electron chi connectivity index (χ2n) is 15.2. The number of amides is 3. The molecule has 2 saturated heterocycles. The van der Waals surface area contributed by atoms with Crippen LogP contribution in [0.15, 0.2) is 24.3 Å². The second-order valence-corrected chi connectivity index (χ2v) is 15.6. The third-order valence-corrected chi connectivity index (χ3v) is 10.6. The molecule has 0 N–H and O–H groups in total. The van der Waals surface area contributed by atoms with Crippen LogP contribution in [-0.4, -0.2) is 114 Å². The van der Waals surface area contributed by atoms with Crippen molar-refractivity contribution in [2.45, 2.75) is 109 Å². The SMILES string of the molecule is CCN(C)C(=O)[C@@H]1C[C@H](N(C(=O)C(C)(C)COC)C2CCC(F)(F)CC2)CN1C(=O)C1CN(C(C)(C)C)C[C@H]1c1ccc(Cl)cc1. The van der Waals surface area contributed by atoms with E-state index in [0.29, 0.717) is 24.7 Å². The molecular weight excluding hydrogens is 614 g/mol. The first kappa shape index (κ1) is 36.5. The molecular formula is C35H53ClF2N4O4. The molecule has 46 heavy (non-hydrogen) atoms. The zero-order valence-electron chi connectivity index (χ0n) is 28.8. The molecule has 0 radical (unpaired) electrons. The Kier molecular flexibility index (Phi) is 11.2. The van der Waals surface area contributed by atoms with E-state index in [1.54, 1.807) is 35.6 Å². The molecule has 0 bridgehead atoms. The Hall–Kier alpha value is -2.30. The van der Waals surface area contributed by atoms with Crippen LogP contribution in [0, 0.1) is 11.3 Å². The standard InChI is InChI=1S/C35H53ClF2N4O4/c1-9-39(7)31(44)29-18-26(42(32(45)34(5,6)22-46-8)25-14-16-35(37,38)17-15-25)19-41(29)30(43)28-21-40(33(2,3)4)20-27(28)23-10-12-24(36)13-11-23/h10-13,25-29H,9,14-22H2,1-8H3/t26-,27-,28?,29-/m0/s1. The molecule has 2 aliphatic heterocycles. The van der Waals surface area contributed by atoms with E-state index < -0.39 is 35.4 Å². The van der Waals surface area contributed by atoms with Crippen LogP contribution in [0.2, 0.25) is 5.02 Å². The second kappa shape index (κ2) is 14.0. The first-order valence-corrected chi connectivity index (χ1v) is 17.0. The van der Waals surface area contributed by atoms with Gasteiger partial charge in [0.05, 0.1) is 24.0 Å². The van der Waals surface area contributed by atoms with Crippen molar-refractivity contribution in [2.24, 2.45) is 11.3 Å². The van der Waals surface area contributed by atoms with Crippen molar-refractivity contribution in [3.05, 3.63) is 34.9 Å². The highest BCUT2D eigenvalue weighted by Crippen LogP contribution is 2.42. The molecule has 0 spiro atoms. The minimum absolute atomic E-state index is 0.110. The molecule has 1 aromatic rings. The van der Waals surface area contributed by atoms with Gasteiger partial charge in [-0.15, -0.1) is 0 Å². The van der Waals surface area contributed by atoms with E-state index in [1.807, 2.05) is 31.2 Å². The van der Waals surface area contributed by atoms with E-state index >= 15 is 0 Å². The van der Waals surface area contributed by atoms with Gasteiger partial charge in [-0.25, -0.2) is 8.78 Å². The monoisotopic (exact) mass is 666 g/mol. The van der Waals surface area contributed by atoms with Crippen molar-refractivity contribution in [1.29, 1.82) is 0 Å². The third-order valence-electron chi connectivity index (χ3n) is 10.4. The average Bonchev–Trinajstić information content (AvgIpc) is 3.63. The normalized spacial score (nSPS) is 25.9. The Morgan fingerprint density at radius 3 is 2.15 bits per heavy atom. The molecule has 2 heterocycles. The summed E-state index contributed by atoms with van der Waals surface area (Å²) in [4.78, 5) is 50.3. The fraction of sp³-hybridized carbons (Fsp3) is 0.743. The number of alkyl halides is 2. The Balaban J connectivity index is 1.72. The summed E-state index contributed by atoms with van der Waals surface area (Å²) in [6.45, 7) is 13.9. The summed E-state index contributed by atoms with van der Waals surface area (Å²) in [6, 6.07) is 5.96. The summed E-state index contributed by atoms with van der Waals surface area (Å²) in [5.74, 6) is -3.77. The molecule has 1 aliphatic carbocycles. The highest BCUT2D eigenvalue weighted by atomic mass is 35.5. The summed E-state index contributed by atoms with van der Waals surface area (Å²) in [5, 5.41) is 0.620. The topological polar surface area (TPSA) is 73.4 Å². The number of rotatable bonds is 9. The molecule has 4 rings (SSSR count). The fourth-order valence-electron chi connectivity index (χ4n) is 7.47. The number of hydrogen-bond donors (Lipinski definition) is 0. The number of methoxy groups -OCH3 is 1. The molecule has 3 aliphatic rings. The number of halogens is 3. The van der Waals surface area contributed by atoms with E-state index in [-0.39, 0.29) is 74.4 Å². The maximum Gasteiger partial charge on any atom is 0.248 e. The van der Waals surface area contributed by atoms with Gasteiger partial charge in [0.25, 0.3) is 0 Å². The molecule has 1 unspecified atom stereocenters. The smallest absolute Gasteiger partial charge is 0.248 e. The van der Waals surface area contributed by atoms with Gasteiger partial charge in [-0.3, -0.25) is 19.3 Å². The lowest BCUT2D eigenvalue weighted by molar-refractivity contribution is -0.152. The Bertz CT molecular complexity index is 1240. The minimum atomic E-state index is -2.76. The van der Waals surface area contributed by atoms with Gasteiger partial charge < -0.3 is 19.4 Å². The Labute approximate surface area is 278 Å². The number of likely N-dealkylation sites (tertiary alicyclic amines) is 2. The van der Waals surface area contributed by atoms with Gasteiger partial charge in [0.1, 0.15) is 6.04 Å². The fourth-order valence-corrected chi connectivity index (χ4v) is 7.60. The van der Waals surface area contributed by atoms with E-state index in [9.17, 15) is 23.2 Å². The highest BCUT2D eigenvalue weighted by Gasteiger charge is 2.52. The van der Waals surface area contributed by atoms with Crippen LogP contribution < -0.4 is 0 Å². The molecule has 3 fully saturated rings. The van der Waals surface area contributed by atoms with Gasteiger partial charge in [-0.1, -0.05) is 23.7 Å². The van der Waals surface area contributed by atoms with Crippen LogP contribution in [0.3, 0.4) is 0 Å². The lowest BCUT2D eigenvalue weighted by Crippen LogP contribution is -2.55. The van der Waals surface area contributed by atoms with Crippen LogP contribution in [0.1, 0.15) is 85.1 Å². The quantitative estimate of drug-likeness (QED) is 0.339. The summed E-state index contributed by atoms with van der Waals surface area (Å²) in [7, 11) is 3.25. The zero-order chi connectivity index (χ0) is 34.2. The molecule has 8 nitrogen and oxygen atoms in total. The number of carbonyl (C=O) groups is 3. The lowest BCUT2D eigenvalue weighted by Gasteiger charge is -2.43. The Morgan fingerprint density at radius 2 is 1.61 bits per heavy atom. The van der Waals surface area contributed by atoms with Crippen LogP contribution in [0.4, 0.5) is 8.78 Å². The lowest BCUT2D eigenvalue weighted by atomic mass is 9.86. The molecule has 1 aromatic carbocycles. The van der Waals surface area contributed by atoms with E-state index in [2.05, 4.69) is 25.7 Å². The Morgan fingerprint density at radius 1 is 1.00 bits per heavy atom. The van der Waals surface area contributed by atoms with Gasteiger partial charge in [-0.2, -0.15) is 0 Å². The highest BCUT2D eigenvalue weighted by molar-refractivity contribution is 6.30. The van der Waals surface area contributed by atoms with E-state index in [0.717, 1.165) is 5.56 Å². The molecule has 4 atom stereocenters. The predicted octanol–water partition coefficient (Wildman–Crippen LogP) is 5.68. The van der Waals surface area contributed by atoms with Crippen molar-refractivity contribution in [2.75, 3.05) is 46.9 Å². The van der Waals surface area contributed by atoms with Crippen molar-refractivity contribution in [3.8, 4) is 0 Å². The third kappa shape index (κ3) is 7.87. The summed E-state index contributed by atoms with van der Waals surface area (Å²) in [5.41, 5.74) is -0.0751. The molecule has 0 aromatic heterocycles. The maximum atomic E-state index is 14.8. The minimum Gasteiger partial charge on any atom is -0.384 e. The number of ether oxygens (including phenoxy) is 1. The molecule has 258 valence electrons. The number of benzene rings is 1. The number of nitrogens with zero attached hydrogens (tertiary/aromatic N) is 4. The van der Waals surface area contributed by atoms with Crippen LogP contribution in [0.5, 0.6) is 0 Å². The van der Waals surface area contributed by atoms with Gasteiger partial charge in [0, 0.05) is 75.7 Å². The molecule has 11 heteroatoms. The molecule has 3 amide bonds. The van der Waals surface area contributed by atoms with Gasteiger partial charge >= 0.3 is 0 Å². The number of likely N-dealkylation sites (N-methyl/N-ethyl adjacent to an activating group) is 1. The van der Waals surface area contributed by atoms with Gasteiger partial charge in [0.2, 0.25) is 23.6 Å². The van der Waals surface area contributed by atoms with Gasteiger partial charge in [-0.05, 0) is 78.5 Å². The summed E-state index contributed by atoms with van der Waals surface area (Å²) in [6.07, 6.45) is 0.00680. The van der Waals surface area contributed by atoms with Crippen LogP contribution in [-0.2, 0) is 19.1 Å². The number of hydrogen-bond acceptors (Lipinski definition) is 5. The van der Waals surface area contributed by atoms with Crippen molar-refractivity contribution >= 4 is 29.3 Å². The van der Waals surface area contributed by atoms with Crippen LogP contribution in [0.25, 0.3) is 0 Å². The van der Waals surface area contributed by atoms with E-state index in [4.69, 9.17) is 16.3 Å². The summed E-state index contributed by atoms with van der Waals surface area (Å²) >= 11 is 6.21. The van der Waals surface area contributed by atoms with Gasteiger partial charge in [0.15, 0.2) is 0 Å². The van der Waals surface area contributed by atoms with Crippen LogP contribution >= 0.6 is 11.6 Å². The largest absolute Gasteiger partial charge is 0.384 e. The predicted molar refractivity (Wildman–Crippen MR) is 176 cm³/mol. The zero-order valence-corrected chi connectivity index (χ0v) is 29.6. The molecule has 1 saturated carbocycles.